The van der Waals surface area contributed by atoms with Crippen molar-refractivity contribution in [2.75, 3.05) is 33.2 Å². The lowest BCUT2D eigenvalue weighted by Gasteiger charge is -2.04. The van der Waals surface area contributed by atoms with Crippen molar-refractivity contribution in [3.63, 3.8) is 0 Å². The van der Waals surface area contributed by atoms with Crippen LogP contribution in [-0.2, 0) is 9.47 Å². The number of ketones is 1. The number of carbonyl (C=O) groups is 1. The van der Waals surface area contributed by atoms with Gasteiger partial charge in [0.1, 0.15) is 6.61 Å². The number of hydrogen-bond acceptors (Lipinski definition) is 4. The molecule has 4 heteroatoms. The first-order chi connectivity index (χ1) is 8.27. The van der Waals surface area contributed by atoms with E-state index < -0.39 is 0 Å². The first kappa shape index (κ1) is 14.2. The van der Waals surface area contributed by atoms with Crippen molar-refractivity contribution in [2.24, 2.45) is 0 Å². The molecule has 0 amide bonds. The fraction of sp³-hybridized carbons (Fsp3) is 0.462. The van der Waals surface area contributed by atoms with Gasteiger partial charge in [0.2, 0.25) is 0 Å². The third kappa shape index (κ3) is 5.35. The molecule has 1 aromatic rings. The monoisotopic (exact) mass is 254 g/mol. The molecule has 0 saturated carbocycles. The lowest BCUT2D eigenvalue weighted by Crippen LogP contribution is -2.10. The lowest BCUT2D eigenvalue weighted by atomic mass is 10.1. The maximum Gasteiger partial charge on any atom is 0.188 e. The summed E-state index contributed by atoms with van der Waals surface area (Å²) in [6.45, 7) is 1.36. The highest BCUT2D eigenvalue weighted by Crippen LogP contribution is 2.15. The molecule has 0 fully saturated rings. The Labute approximate surface area is 106 Å². The van der Waals surface area contributed by atoms with E-state index in [9.17, 15) is 4.79 Å². The SMILES string of the molecule is COCCCOCC(=O)c1ccc(SC)cc1. The molecule has 17 heavy (non-hydrogen) atoms. The number of ether oxygens (including phenoxy) is 2. The van der Waals surface area contributed by atoms with Crippen molar-refractivity contribution < 1.29 is 14.3 Å². The summed E-state index contributed by atoms with van der Waals surface area (Å²) in [5.74, 6) is 0.0232. The fourth-order valence-corrected chi connectivity index (χ4v) is 1.74. The van der Waals surface area contributed by atoms with Crippen molar-refractivity contribution in [2.45, 2.75) is 11.3 Å². The number of methoxy groups -OCH3 is 1. The molecule has 0 aliphatic rings. The number of Topliss-reactive ketones (excluding diaryl/α,β-unsaturated/α-hetero) is 1. The fourth-order valence-electron chi connectivity index (χ4n) is 1.33. The zero-order valence-electron chi connectivity index (χ0n) is 10.3. The number of rotatable bonds is 8. The second-order valence-electron chi connectivity index (χ2n) is 3.55. The van der Waals surface area contributed by atoms with Gasteiger partial charge in [0, 0.05) is 30.8 Å². The first-order valence-electron chi connectivity index (χ1n) is 5.52. The van der Waals surface area contributed by atoms with Crippen LogP contribution in [0.3, 0.4) is 0 Å². The molecule has 94 valence electrons. The first-order valence-corrected chi connectivity index (χ1v) is 6.74. The Hall–Kier alpha value is -0.840. The third-order valence-electron chi connectivity index (χ3n) is 2.28. The van der Waals surface area contributed by atoms with Gasteiger partial charge in [-0.15, -0.1) is 11.8 Å². The van der Waals surface area contributed by atoms with Gasteiger partial charge < -0.3 is 9.47 Å². The Morgan fingerprint density at radius 2 is 1.94 bits per heavy atom. The van der Waals surface area contributed by atoms with Crippen LogP contribution in [0.15, 0.2) is 29.2 Å². The van der Waals surface area contributed by atoms with E-state index in [4.69, 9.17) is 9.47 Å². The van der Waals surface area contributed by atoms with Gasteiger partial charge in [0.25, 0.3) is 0 Å². The van der Waals surface area contributed by atoms with E-state index in [1.807, 2.05) is 30.5 Å². The summed E-state index contributed by atoms with van der Waals surface area (Å²) < 4.78 is 10.2. The lowest BCUT2D eigenvalue weighted by molar-refractivity contribution is 0.0705. The number of benzene rings is 1. The van der Waals surface area contributed by atoms with Crippen molar-refractivity contribution in [3.05, 3.63) is 29.8 Å². The van der Waals surface area contributed by atoms with Gasteiger partial charge in [-0.2, -0.15) is 0 Å². The molecule has 0 unspecified atom stereocenters. The maximum absolute atomic E-state index is 11.7. The highest BCUT2D eigenvalue weighted by Gasteiger charge is 2.05. The molecule has 1 aromatic carbocycles. The Bertz CT molecular complexity index is 335. The minimum absolute atomic E-state index is 0.0232. The molecule has 0 radical (unpaired) electrons. The number of carbonyl (C=O) groups excluding carboxylic acids is 1. The quantitative estimate of drug-likeness (QED) is 0.406. The average molecular weight is 254 g/mol. The smallest absolute Gasteiger partial charge is 0.188 e. The van der Waals surface area contributed by atoms with Crippen molar-refractivity contribution in [1.29, 1.82) is 0 Å². The van der Waals surface area contributed by atoms with Crippen LogP contribution in [0, 0.1) is 0 Å². The van der Waals surface area contributed by atoms with Crippen LogP contribution < -0.4 is 0 Å². The normalized spacial score (nSPS) is 10.5. The molecule has 0 saturated heterocycles. The van der Waals surface area contributed by atoms with Gasteiger partial charge in [-0.25, -0.2) is 0 Å². The minimum atomic E-state index is 0.0232. The van der Waals surface area contributed by atoms with E-state index in [-0.39, 0.29) is 12.4 Å². The van der Waals surface area contributed by atoms with Crippen molar-refractivity contribution >= 4 is 17.5 Å². The molecule has 0 bridgehead atoms. The summed E-state index contributed by atoms with van der Waals surface area (Å²) in [6.07, 6.45) is 2.82. The van der Waals surface area contributed by atoms with Crippen molar-refractivity contribution in [3.8, 4) is 0 Å². The molecule has 0 N–H and O–H groups in total. The van der Waals surface area contributed by atoms with E-state index >= 15 is 0 Å². The van der Waals surface area contributed by atoms with E-state index in [0.717, 1.165) is 11.3 Å². The highest BCUT2D eigenvalue weighted by atomic mass is 32.2. The van der Waals surface area contributed by atoms with E-state index in [1.54, 1.807) is 18.9 Å². The topological polar surface area (TPSA) is 35.5 Å². The zero-order valence-corrected chi connectivity index (χ0v) is 11.1. The van der Waals surface area contributed by atoms with Crippen LogP contribution in [0.25, 0.3) is 0 Å². The predicted molar refractivity (Wildman–Crippen MR) is 69.9 cm³/mol. The molecule has 0 atom stereocenters. The third-order valence-corrected chi connectivity index (χ3v) is 3.03. The Morgan fingerprint density at radius 3 is 2.53 bits per heavy atom. The van der Waals surface area contributed by atoms with Gasteiger partial charge in [-0.3, -0.25) is 4.79 Å². The van der Waals surface area contributed by atoms with Gasteiger partial charge in [0.15, 0.2) is 5.78 Å². The van der Waals surface area contributed by atoms with Gasteiger partial charge >= 0.3 is 0 Å². The largest absolute Gasteiger partial charge is 0.385 e. The summed E-state index contributed by atoms with van der Waals surface area (Å²) in [4.78, 5) is 12.9. The van der Waals surface area contributed by atoms with Crippen LogP contribution in [0.4, 0.5) is 0 Å². The van der Waals surface area contributed by atoms with E-state index in [1.165, 1.54) is 0 Å². The predicted octanol–water partition coefficient (Wildman–Crippen LogP) is 2.64. The molecule has 0 spiro atoms. The molecule has 3 nitrogen and oxygen atoms in total. The molecule has 0 aliphatic carbocycles. The van der Waals surface area contributed by atoms with Crippen LogP contribution >= 0.6 is 11.8 Å². The maximum atomic E-state index is 11.7. The molecule has 0 aliphatic heterocycles. The molecule has 0 heterocycles. The van der Waals surface area contributed by atoms with E-state index in [0.29, 0.717) is 18.8 Å². The van der Waals surface area contributed by atoms with Crippen LogP contribution in [0.5, 0.6) is 0 Å². The number of hydrogen-bond donors (Lipinski definition) is 0. The van der Waals surface area contributed by atoms with Crippen molar-refractivity contribution in [1.82, 2.24) is 0 Å². The Morgan fingerprint density at radius 1 is 1.24 bits per heavy atom. The standard InChI is InChI=1S/C13H18O3S/c1-15-8-3-9-16-10-13(14)11-4-6-12(17-2)7-5-11/h4-7H,3,8-10H2,1-2H3. The highest BCUT2D eigenvalue weighted by molar-refractivity contribution is 7.98. The minimum Gasteiger partial charge on any atom is -0.385 e. The summed E-state index contributed by atoms with van der Waals surface area (Å²) in [5, 5.41) is 0. The Balaban J connectivity index is 2.31. The summed E-state index contributed by atoms with van der Waals surface area (Å²) >= 11 is 1.66. The number of thioether (sulfide) groups is 1. The van der Waals surface area contributed by atoms with Gasteiger partial charge in [0.05, 0.1) is 0 Å². The van der Waals surface area contributed by atoms with E-state index in [2.05, 4.69) is 0 Å². The van der Waals surface area contributed by atoms with Gasteiger partial charge in [-0.05, 0) is 24.8 Å². The second-order valence-corrected chi connectivity index (χ2v) is 4.43. The van der Waals surface area contributed by atoms with Gasteiger partial charge in [-0.1, -0.05) is 12.1 Å². The molecule has 1 rings (SSSR count). The van der Waals surface area contributed by atoms with Crippen LogP contribution in [0.2, 0.25) is 0 Å². The Kier molecular flexibility index (Phi) is 6.93. The van der Waals surface area contributed by atoms with Crippen LogP contribution in [-0.4, -0.2) is 39.0 Å². The second kappa shape index (κ2) is 8.28. The molecular weight excluding hydrogens is 236 g/mol. The zero-order chi connectivity index (χ0) is 12.5. The summed E-state index contributed by atoms with van der Waals surface area (Å²) in [6, 6.07) is 7.57. The summed E-state index contributed by atoms with van der Waals surface area (Å²) in [5.41, 5.74) is 0.703. The average Bonchev–Trinajstić information content (AvgIpc) is 2.38. The summed E-state index contributed by atoms with van der Waals surface area (Å²) in [7, 11) is 1.65. The van der Waals surface area contributed by atoms with Crippen LogP contribution in [0.1, 0.15) is 16.8 Å². The molecular formula is C13H18O3S. The molecule has 0 aromatic heterocycles.